The van der Waals surface area contributed by atoms with Crippen molar-refractivity contribution in [1.82, 2.24) is 10.2 Å². The van der Waals surface area contributed by atoms with E-state index in [1.807, 2.05) is 66.7 Å². The minimum Gasteiger partial charge on any atom is -0.373 e. The first-order valence-corrected chi connectivity index (χ1v) is 14.7. The number of hydrogen-bond donors (Lipinski definition) is 4. The molecule has 0 aromatic heterocycles. The van der Waals surface area contributed by atoms with E-state index in [0.29, 0.717) is 6.42 Å². The third-order valence-corrected chi connectivity index (χ3v) is 7.91. The summed E-state index contributed by atoms with van der Waals surface area (Å²) in [5, 5.41) is 7.59. The zero-order valence-electron chi connectivity index (χ0n) is 24.9. The molecule has 0 radical (unpaired) electrons. The standard InChI is InChI=1S/C28H28N4O3.C6H12N2O/c1-32(26(33)15-12-19-10-13-21-6-2-4-8-23(21)16-19)25(27(34)31-28(29)35-30)18-20-11-14-22-7-3-5-9-24(22)17-20;7-6(9)5-1-3-8-4-2-5/h2-11,13-14,16-17,25H,12,15,18,30H2,1H3,(H2,29,31,34);5,8H,1-4H2,(H2,7,9). The summed E-state index contributed by atoms with van der Waals surface area (Å²) in [5.74, 6) is 4.26. The molecule has 4 aromatic rings. The minimum atomic E-state index is -0.853. The second-order valence-corrected chi connectivity index (χ2v) is 10.9. The number of nitrogens with one attached hydrogen (secondary N) is 1. The molecular formula is C34H40N6O4. The van der Waals surface area contributed by atoms with Crippen LogP contribution in [0.3, 0.4) is 0 Å². The fourth-order valence-electron chi connectivity index (χ4n) is 5.29. The highest BCUT2D eigenvalue weighted by molar-refractivity contribution is 5.95. The van der Waals surface area contributed by atoms with Crippen molar-refractivity contribution >= 4 is 45.3 Å². The molecular weight excluding hydrogens is 556 g/mol. The predicted octanol–water partition coefficient (Wildman–Crippen LogP) is 3.20. The SMILES string of the molecule is CN(C(=O)CCc1ccc2ccccc2c1)C(Cc1ccc2ccccc2c1)C(=O)N=C(N)ON.NC(=O)C1CCNCC1. The van der Waals surface area contributed by atoms with Crippen LogP contribution >= 0.6 is 0 Å². The number of benzene rings is 4. The van der Waals surface area contributed by atoms with Crippen molar-refractivity contribution in [3.63, 3.8) is 0 Å². The molecule has 0 bridgehead atoms. The third kappa shape index (κ3) is 8.85. The number of nitrogens with two attached hydrogens (primary N) is 3. The second kappa shape index (κ2) is 15.6. The fourth-order valence-corrected chi connectivity index (χ4v) is 5.29. The molecule has 7 N–H and O–H groups in total. The van der Waals surface area contributed by atoms with Crippen LogP contribution in [0, 0.1) is 5.92 Å². The van der Waals surface area contributed by atoms with E-state index < -0.39 is 18.0 Å². The van der Waals surface area contributed by atoms with E-state index in [9.17, 15) is 14.4 Å². The Hall–Kier alpha value is -4.80. The number of rotatable bonds is 8. The lowest BCUT2D eigenvalue weighted by Gasteiger charge is -2.26. The molecule has 0 saturated carbocycles. The first-order valence-electron chi connectivity index (χ1n) is 14.7. The number of aryl methyl sites for hydroxylation is 1. The van der Waals surface area contributed by atoms with Crippen LogP contribution in [0.2, 0.25) is 0 Å². The van der Waals surface area contributed by atoms with E-state index in [2.05, 4.69) is 33.3 Å². The minimum absolute atomic E-state index is 0.131. The maximum Gasteiger partial charge on any atom is 0.309 e. The van der Waals surface area contributed by atoms with Crippen molar-refractivity contribution in [3.05, 3.63) is 96.1 Å². The molecule has 44 heavy (non-hydrogen) atoms. The van der Waals surface area contributed by atoms with E-state index in [1.165, 1.54) is 4.90 Å². The molecule has 1 aliphatic heterocycles. The number of carbonyl (C=O) groups excluding carboxylic acids is 3. The van der Waals surface area contributed by atoms with Gasteiger partial charge in [-0.3, -0.25) is 14.4 Å². The van der Waals surface area contributed by atoms with Crippen LogP contribution < -0.4 is 22.7 Å². The molecule has 230 valence electrons. The number of amidine groups is 1. The van der Waals surface area contributed by atoms with Crippen molar-refractivity contribution in [2.75, 3.05) is 20.1 Å². The van der Waals surface area contributed by atoms with Crippen LogP contribution in [0.25, 0.3) is 21.5 Å². The summed E-state index contributed by atoms with van der Waals surface area (Å²) in [6.45, 7) is 1.88. The molecule has 10 nitrogen and oxygen atoms in total. The summed E-state index contributed by atoms with van der Waals surface area (Å²) in [5.41, 5.74) is 12.6. The second-order valence-electron chi connectivity index (χ2n) is 10.9. The predicted molar refractivity (Wildman–Crippen MR) is 173 cm³/mol. The van der Waals surface area contributed by atoms with Gasteiger partial charge in [-0.15, -0.1) is 0 Å². The molecule has 1 aliphatic rings. The summed E-state index contributed by atoms with van der Waals surface area (Å²) in [6.07, 6.45) is 2.92. The van der Waals surface area contributed by atoms with Crippen LogP contribution in [0.15, 0.2) is 89.9 Å². The Morgan fingerprint density at radius 1 is 0.864 bits per heavy atom. The largest absolute Gasteiger partial charge is 0.373 e. The first-order chi connectivity index (χ1) is 21.2. The number of carbonyl (C=O) groups is 3. The molecule has 0 aliphatic carbocycles. The van der Waals surface area contributed by atoms with Crippen LogP contribution in [0.5, 0.6) is 0 Å². The lowest BCUT2D eigenvalue weighted by Crippen LogP contribution is -2.44. The molecule has 1 atom stereocenters. The summed E-state index contributed by atoms with van der Waals surface area (Å²) >= 11 is 0. The van der Waals surface area contributed by atoms with Gasteiger partial charge in [0.2, 0.25) is 11.8 Å². The Balaban J connectivity index is 0.000000421. The summed E-state index contributed by atoms with van der Waals surface area (Å²) < 4.78 is 0. The van der Waals surface area contributed by atoms with Crippen LogP contribution in [-0.2, 0) is 32.1 Å². The van der Waals surface area contributed by atoms with E-state index in [1.54, 1.807) is 7.05 Å². The van der Waals surface area contributed by atoms with Gasteiger partial charge in [0, 0.05) is 25.8 Å². The van der Waals surface area contributed by atoms with Crippen LogP contribution in [-0.4, -0.2) is 54.8 Å². The number of amides is 3. The Morgan fingerprint density at radius 3 is 1.95 bits per heavy atom. The monoisotopic (exact) mass is 596 g/mol. The zero-order chi connectivity index (χ0) is 31.5. The van der Waals surface area contributed by atoms with Gasteiger partial charge in [-0.2, -0.15) is 10.9 Å². The van der Waals surface area contributed by atoms with Crippen molar-refractivity contribution in [1.29, 1.82) is 0 Å². The van der Waals surface area contributed by atoms with Gasteiger partial charge >= 0.3 is 6.02 Å². The summed E-state index contributed by atoms with van der Waals surface area (Å²) in [6, 6.07) is 26.9. The normalized spacial score (nSPS) is 14.4. The van der Waals surface area contributed by atoms with E-state index in [4.69, 9.17) is 17.4 Å². The molecule has 1 saturated heterocycles. The number of aliphatic imine (C=N–C) groups is 1. The number of likely N-dealkylation sites (N-methyl/N-ethyl adjacent to an activating group) is 1. The number of hydrogen-bond acceptors (Lipinski definition) is 6. The van der Waals surface area contributed by atoms with Gasteiger partial charge in [0.1, 0.15) is 6.04 Å². The van der Waals surface area contributed by atoms with Crippen LogP contribution in [0.1, 0.15) is 30.4 Å². The molecule has 1 unspecified atom stereocenters. The lowest BCUT2D eigenvalue weighted by molar-refractivity contribution is -0.137. The lowest BCUT2D eigenvalue weighted by atomic mass is 9.98. The molecule has 4 aromatic carbocycles. The molecule has 1 heterocycles. The average Bonchev–Trinajstić information content (AvgIpc) is 3.06. The van der Waals surface area contributed by atoms with E-state index in [-0.39, 0.29) is 30.6 Å². The summed E-state index contributed by atoms with van der Waals surface area (Å²) in [4.78, 5) is 46.1. The van der Waals surface area contributed by atoms with E-state index in [0.717, 1.165) is 58.6 Å². The van der Waals surface area contributed by atoms with Gasteiger partial charge < -0.3 is 26.5 Å². The Labute approximate surface area is 257 Å². The summed E-state index contributed by atoms with van der Waals surface area (Å²) in [7, 11) is 1.61. The van der Waals surface area contributed by atoms with Gasteiger partial charge in [-0.25, -0.2) is 0 Å². The topological polar surface area (TPSA) is 166 Å². The van der Waals surface area contributed by atoms with Crippen molar-refractivity contribution in [2.24, 2.45) is 28.3 Å². The van der Waals surface area contributed by atoms with Crippen molar-refractivity contribution < 1.29 is 19.2 Å². The number of primary amides is 1. The quantitative estimate of drug-likeness (QED) is 0.138. The van der Waals surface area contributed by atoms with Gasteiger partial charge in [-0.1, -0.05) is 84.9 Å². The fraction of sp³-hybridized carbons (Fsp3) is 0.294. The molecule has 5 rings (SSSR count). The Morgan fingerprint density at radius 2 is 1.41 bits per heavy atom. The van der Waals surface area contributed by atoms with Gasteiger partial charge in [-0.05, 0) is 65.0 Å². The van der Waals surface area contributed by atoms with Crippen molar-refractivity contribution in [2.45, 2.75) is 38.1 Å². The number of fused-ring (bicyclic) bond motifs is 2. The third-order valence-electron chi connectivity index (χ3n) is 7.91. The molecule has 0 spiro atoms. The molecule has 10 heteroatoms. The average molecular weight is 597 g/mol. The first kappa shape index (κ1) is 32.1. The Bertz CT molecular complexity index is 1630. The zero-order valence-corrected chi connectivity index (χ0v) is 24.9. The highest BCUT2D eigenvalue weighted by Gasteiger charge is 2.27. The number of piperidine rings is 1. The maximum atomic E-state index is 13.1. The smallest absolute Gasteiger partial charge is 0.309 e. The molecule has 3 amide bonds. The van der Waals surface area contributed by atoms with Gasteiger partial charge in [0.25, 0.3) is 5.91 Å². The van der Waals surface area contributed by atoms with E-state index >= 15 is 0 Å². The highest BCUT2D eigenvalue weighted by Crippen LogP contribution is 2.20. The number of nitrogens with zero attached hydrogens (tertiary/aromatic N) is 2. The highest BCUT2D eigenvalue weighted by atomic mass is 16.6. The maximum absolute atomic E-state index is 13.1. The van der Waals surface area contributed by atoms with Gasteiger partial charge in [0.05, 0.1) is 0 Å². The van der Waals surface area contributed by atoms with Crippen LogP contribution in [0.4, 0.5) is 0 Å². The van der Waals surface area contributed by atoms with Gasteiger partial charge in [0.15, 0.2) is 0 Å². The Kier molecular flexibility index (Phi) is 11.4. The van der Waals surface area contributed by atoms with Crippen molar-refractivity contribution in [3.8, 4) is 0 Å². The molecule has 1 fully saturated rings.